The van der Waals surface area contributed by atoms with Crippen LogP contribution in [0.4, 0.5) is 5.82 Å². The van der Waals surface area contributed by atoms with Crippen LogP contribution in [0.25, 0.3) is 10.2 Å². The van der Waals surface area contributed by atoms with Gasteiger partial charge in [-0.2, -0.15) is 0 Å². The molecule has 3 N–H and O–H groups in total. The van der Waals surface area contributed by atoms with Gasteiger partial charge in [-0.3, -0.25) is 0 Å². The lowest BCUT2D eigenvalue weighted by molar-refractivity contribution is 0.178. The minimum absolute atomic E-state index is 0.0601. The maximum atomic E-state index is 5.87. The normalized spacial score (nSPS) is 12.8. The zero-order valence-electron chi connectivity index (χ0n) is 10.6. The lowest BCUT2D eigenvalue weighted by atomic mass is 10.2. The summed E-state index contributed by atoms with van der Waals surface area (Å²) in [7, 11) is 1.66. The van der Waals surface area contributed by atoms with Crippen molar-refractivity contribution in [2.24, 2.45) is 5.73 Å². The monoisotopic (exact) mass is 266 g/mol. The van der Waals surface area contributed by atoms with Crippen molar-refractivity contribution in [1.29, 1.82) is 0 Å². The van der Waals surface area contributed by atoms with Crippen molar-refractivity contribution in [3.63, 3.8) is 0 Å². The third kappa shape index (κ3) is 2.95. The molecule has 1 unspecified atom stereocenters. The van der Waals surface area contributed by atoms with E-state index in [1.54, 1.807) is 24.8 Å². The molecule has 0 bridgehead atoms. The predicted octanol–water partition coefficient (Wildman–Crippen LogP) is 1.78. The van der Waals surface area contributed by atoms with Crippen LogP contribution in [-0.2, 0) is 4.74 Å². The molecule has 0 amide bonds. The third-order valence-electron chi connectivity index (χ3n) is 2.72. The van der Waals surface area contributed by atoms with Gasteiger partial charge in [0.15, 0.2) is 0 Å². The predicted molar refractivity (Wildman–Crippen MR) is 75.1 cm³/mol. The van der Waals surface area contributed by atoms with Crippen LogP contribution in [0.2, 0.25) is 0 Å². The molecule has 0 aromatic carbocycles. The summed E-state index contributed by atoms with van der Waals surface area (Å²) in [6, 6.07) is 0.0601. The number of nitrogens with zero attached hydrogens (tertiary/aromatic N) is 2. The number of hydrogen-bond donors (Lipinski definition) is 2. The summed E-state index contributed by atoms with van der Waals surface area (Å²) < 4.78 is 6.11. The van der Waals surface area contributed by atoms with Crippen LogP contribution in [0, 0.1) is 6.92 Å². The molecular formula is C12H18N4OS. The first-order valence-electron chi connectivity index (χ1n) is 5.89. The number of methoxy groups -OCH3 is 1. The Kier molecular flexibility index (Phi) is 4.46. The molecule has 2 aromatic rings. The molecule has 1 atom stereocenters. The van der Waals surface area contributed by atoms with Gasteiger partial charge < -0.3 is 15.8 Å². The number of nitrogens with two attached hydrogens (primary N) is 1. The number of ether oxygens (including phenoxy) is 1. The van der Waals surface area contributed by atoms with Gasteiger partial charge >= 0.3 is 0 Å². The minimum atomic E-state index is 0.0601. The van der Waals surface area contributed by atoms with Crippen LogP contribution in [0.1, 0.15) is 12.0 Å². The van der Waals surface area contributed by atoms with E-state index < -0.39 is 0 Å². The van der Waals surface area contributed by atoms with Gasteiger partial charge in [0.05, 0.1) is 16.8 Å². The van der Waals surface area contributed by atoms with Crippen LogP contribution in [0.5, 0.6) is 0 Å². The Morgan fingerprint density at radius 2 is 2.33 bits per heavy atom. The Balaban J connectivity index is 1.99. The first-order chi connectivity index (χ1) is 8.72. The molecular weight excluding hydrogens is 248 g/mol. The summed E-state index contributed by atoms with van der Waals surface area (Å²) in [6.45, 7) is 3.43. The molecule has 6 heteroatoms. The van der Waals surface area contributed by atoms with E-state index in [1.807, 2.05) is 0 Å². The molecule has 0 radical (unpaired) electrons. The molecule has 2 heterocycles. The average Bonchev–Trinajstić information content (AvgIpc) is 2.73. The first kappa shape index (κ1) is 13.2. The lowest BCUT2D eigenvalue weighted by Crippen LogP contribution is -2.28. The number of rotatable bonds is 6. The van der Waals surface area contributed by atoms with E-state index in [0.29, 0.717) is 6.61 Å². The highest BCUT2D eigenvalue weighted by Gasteiger charge is 2.08. The quantitative estimate of drug-likeness (QED) is 0.833. The van der Waals surface area contributed by atoms with E-state index in [9.17, 15) is 0 Å². The summed E-state index contributed by atoms with van der Waals surface area (Å²) in [5.74, 6) is 0.891. The zero-order chi connectivity index (χ0) is 13.0. The van der Waals surface area contributed by atoms with E-state index in [-0.39, 0.29) is 6.04 Å². The molecule has 0 fully saturated rings. The fraction of sp³-hybridized carbons (Fsp3) is 0.500. The molecule has 0 aliphatic heterocycles. The van der Waals surface area contributed by atoms with E-state index in [1.165, 1.54) is 5.56 Å². The van der Waals surface area contributed by atoms with Crippen molar-refractivity contribution in [1.82, 2.24) is 9.97 Å². The van der Waals surface area contributed by atoms with Gasteiger partial charge in [-0.25, -0.2) is 9.97 Å². The Bertz CT molecular complexity index is 514. The summed E-state index contributed by atoms with van der Waals surface area (Å²) in [6.07, 6.45) is 2.45. The largest absolute Gasteiger partial charge is 0.383 e. The number of fused-ring (bicyclic) bond motifs is 1. The Morgan fingerprint density at radius 3 is 3.11 bits per heavy atom. The summed E-state index contributed by atoms with van der Waals surface area (Å²) >= 11 is 1.67. The van der Waals surface area contributed by atoms with Crippen LogP contribution < -0.4 is 11.1 Å². The lowest BCUT2D eigenvalue weighted by Gasteiger charge is -2.11. The van der Waals surface area contributed by atoms with Gasteiger partial charge in [0.25, 0.3) is 0 Å². The van der Waals surface area contributed by atoms with Crippen molar-refractivity contribution < 1.29 is 4.74 Å². The number of hydrogen-bond acceptors (Lipinski definition) is 6. The molecule has 0 saturated carbocycles. The highest BCUT2D eigenvalue weighted by molar-refractivity contribution is 7.18. The molecule has 0 saturated heterocycles. The highest BCUT2D eigenvalue weighted by atomic mass is 32.1. The van der Waals surface area contributed by atoms with Crippen LogP contribution in [-0.4, -0.2) is 36.3 Å². The van der Waals surface area contributed by atoms with E-state index in [2.05, 4.69) is 27.6 Å². The smallest absolute Gasteiger partial charge is 0.147 e. The molecule has 98 valence electrons. The van der Waals surface area contributed by atoms with Gasteiger partial charge in [-0.1, -0.05) is 0 Å². The molecule has 0 aliphatic carbocycles. The zero-order valence-corrected chi connectivity index (χ0v) is 11.5. The topological polar surface area (TPSA) is 73.1 Å². The maximum Gasteiger partial charge on any atom is 0.147 e. The summed E-state index contributed by atoms with van der Waals surface area (Å²) in [5.41, 5.74) is 8.09. The standard InChI is InChI=1S/C12H18N4OS/c1-8-6-18-11-10(8)15-7-16-12(11)14-4-3-9(13)5-17-2/h6-7,9H,3-5,13H2,1-2H3,(H,14,15,16). The van der Waals surface area contributed by atoms with Gasteiger partial charge in [0.2, 0.25) is 0 Å². The van der Waals surface area contributed by atoms with Gasteiger partial charge in [0.1, 0.15) is 12.1 Å². The molecule has 0 spiro atoms. The van der Waals surface area contributed by atoms with Gasteiger partial charge in [-0.15, -0.1) is 11.3 Å². The number of anilines is 1. The first-order valence-corrected chi connectivity index (χ1v) is 6.77. The van der Waals surface area contributed by atoms with Gasteiger partial charge in [0, 0.05) is 19.7 Å². The SMILES string of the molecule is COCC(N)CCNc1ncnc2c(C)csc12. The maximum absolute atomic E-state index is 5.87. The van der Waals surface area contributed by atoms with Gasteiger partial charge in [-0.05, 0) is 24.3 Å². The Morgan fingerprint density at radius 1 is 1.50 bits per heavy atom. The van der Waals surface area contributed by atoms with E-state index >= 15 is 0 Å². The molecule has 2 aromatic heterocycles. The van der Waals surface area contributed by atoms with Crippen LogP contribution >= 0.6 is 11.3 Å². The Labute approximate surface area is 110 Å². The summed E-state index contributed by atoms with van der Waals surface area (Å²) in [5, 5.41) is 5.41. The number of aryl methyl sites for hydroxylation is 1. The van der Waals surface area contributed by atoms with Crippen molar-refractivity contribution in [2.45, 2.75) is 19.4 Å². The minimum Gasteiger partial charge on any atom is -0.383 e. The third-order valence-corrected chi connectivity index (χ3v) is 3.81. The number of aromatic nitrogens is 2. The second-order valence-corrected chi connectivity index (χ2v) is 5.13. The molecule has 2 rings (SSSR count). The van der Waals surface area contributed by atoms with Crippen molar-refractivity contribution in [2.75, 3.05) is 25.6 Å². The fourth-order valence-corrected chi connectivity index (χ4v) is 2.74. The van der Waals surface area contributed by atoms with E-state index in [4.69, 9.17) is 10.5 Å². The highest BCUT2D eigenvalue weighted by Crippen LogP contribution is 2.28. The van der Waals surface area contributed by atoms with Crippen molar-refractivity contribution >= 4 is 27.4 Å². The average molecular weight is 266 g/mol. The van der Waals surface area contributed by atoms with E-state index in [0.717, 1.165) is 29.0 Å². The number of nitrogens with one attached hydrogen (secondary N) is 1. The van der Waals surface area contributed by atoms with Crippen molar-refractivity contribution in [3.8, 4) is 0 Å². The summed E-state index contributed by atoms with van der Waals surface area (Å²) in [4.78, 5) is 8.57. The van der Waals surface area contributed by atoms with Crippen LogP contribution in [0.3, 0.4) is 0 Å². The van der Waals surface area contributed by atoms with Crippen molar-refractivity contribution in [3.05, 3.63) is 17.3 Å². The fourth-order valence-electron chi connectivity index (χ4n) is 1.77. The second-order valence-electron chi connectivity index (χ2n) is 4.25. The van der Waals surface area contributed by atoms with Crippen LogP contribution in [0.15, 0.2) is 11.7 Å². The molecule has 18 heavy (non-hydrogen) atoms. The Hall–Kier alpha value is -1.24. The molecule has 5 nitrogen and oxygen atoms in total. The molecule has 0 aliphatic rings. The second kappa shape index (κ2) is 6.08. The number of thiophene rings is 1.